The van der Waals surface area contributed by atoms with E-state index in [9.17, 15) is 0 Å². The highest BCUT2D eigenvalue weighted by Crippen LogP contribution is 2.26. The molecule has 0 bridgehead atoms. The van der Waals surface area contributed by atoms with Gasteiger partial charge in [-0.05, 0) is 12.0 Å². The lowest BCUT2D eigenvalue weighted by Crippen LogP contribution is -2.06. The van der Waals surface area contributed by atoms with Gasteiger partial charge in [0.25, 0.3) is 0 Å². The monoisotopic (exact) mass is 267 g/mol. The Morgan fingerprint density at radius 1 is 1.41 bits per heavy atom. The maximum Gasteiger partial charge on any atom is 0.170 e. The summed E-state index contributed by atoms with van der Waals surface area (Å²) in [6.45, 7) is 4.23. The zero-order valence-corrected chi connectivity index (χ0v) is 11.3. The molecule has 90 valence electrons. The summed E-state index contributed by atoms with van der Waals surface area (Å²) >= 11 is 7.42. The van der Waals surface area contributed by atoms with Crippen LogP contribution in [0.25, 0.3) is 10.3 Å². The van der Waals surface area contributed by atoms with E-state index in [1.165, 1.54) is 11.3 Å². The number of halogens is 1. The summed E-state index contributed by atoms with van der Waals surface area (Å²) in [5.41, 5.74) is 6.76. The van der Waals surface area contributed by atoms with Crippen LogP contribution in [0.1, 0.15) is 24.9 Å². The average Bonchev–Trinajstić information content (AvgIpc) is 2.68. The van der Waals surface area contributed by atoms with Crippen molar-refractivity contribution in [3.05, 3.63) is 34.4 Å². The number of rotatable bonds is 3. The van der Waals surface area contributed by atoms with Crippen molar-refractivity contribution in [3.63, 3.8) is 0 Å². The number of nitrogens with zero attached hydrogens (tertiary/aromatic N) is 2. The van der Waals surface area contributed by atoms with E-state index in [1.807, 2.05) is 12.1 Å². The van der Waals surface area contributed by atoms with Gasteiger partial charge in [-0.3, -0.25) is 0 Å². The number of pyridine rings is 1. The maximum atomic E-state index is 6.05. The number of fused-ring (bicyclic) bond motifs is 1. The second-order valence-electron chi connectivity index (χ2n) is 4.18. The molecule has 0 aliphatic rings. The first-order chi connectivity index (χ1) is 8.06. The highest BCUT2D eigenvalue weighted by atomic mass is 35.5. The van der Waals surface area contributed by atoms with Crippen molar-refractivity contribution >= 4 is 33.3 Å². The fourth-order valence-corrected chi connectivity index (χ4v) is 2.55. The van der Waals surface area contributed by atoms with Crippen molar-refractivity contribution in [1.29, 1.82) is 0 Å². The average molecular weight is 268 g/mol. The SMILES string of the molecule is CC(C)/C=C\C(N)c1nc2ncc(Cl)cc2s1. The van der Waals surface area contributed by atoms with E-state index in [0.717, 1.165) is 9.71 Å². The first-order valence-electron chi connectivity index (χ1n) is 5.42. The minimum atomic E-state index is -0.171. The molecule has 2 aromatic heterocycles. The number of allylic oxidation sites excluding steroid dienone is 1. The third kappa shape index (κ3) is 3.03. The lowest BCUT2D eigenvalue weighted by atomic mass is 10.2. The van der Waals surface area contributed by atoms with Crippen LogP contribution in [0.15, 0.2) is 24.4 Å². The molecule has 1 atom stereocenters. The molecule has 0 aliphatic carbocycles. The van der Waals surface area contributed by atoms with Gasteiger partial charge < -0.3 is 5.73 Å². The van der Waals surface area contributed by atoms with Gasteiger partial charge in [0.15, 0.2) is 5.65 Å². The van der Waals surface area contributed by atoms with Crippen LogP contribution in [0.4, 0.5) is 0 Å². The van der Waals surface area contributed by atoms with Crippen LogP contribution in [0.3, 0.4) is 0 Å². The molecule has 17 heavy (non-hydrogen) atoms. The molecule has 5 heteroatoms. The van der Waals surface area contributed by atoms with E-state index in [2.05, 4.69) is 29.9 Å². The summed E-state index contributed by atoms with van der Waals surface area (Å²) in [6, 6.07) is 1.69. The van der Waals surface area contributed by atoms with Crippen molar-refractivity contribution < 1.29 is 0 Å². The van der Waals surface area contributed by atoms with E-state index < -0.39 is 0 Å². The molecular formula is C12H14ClN3S. The van der Waals surface area contributed by atoms with Gasteiger partial charge in [0.1, 0.15) is 5.01 Å². The Kier molecular flexibility index (Phi) is 3.76. The molecule has 2 heterocycles. The molecule has 0 spiro atoms. The molecule has 2 rings (SSSR count). The van der Waals surface area contributed by atoms with Crippen molar-refractivity contribution in [2.24, 2.45) is 11.7 Å². The maximum absolute atomic E-state index is 6.05. The van der Waals surface area contributed by atoms with E-state index in [-0.39, 0.29) is 6.04 Å². The molecule has 0 radical (unpaired) electrons. The second kappa shape index (κ2) is 5.12. The zero-order valence-electron chi connectivity index (χ0n) is 9.72. The fourth-order valence-electron chi connectivity index (χ4n) is 1.38. The van der Waals surface area contributed by atoms with Crippen LogP contribution >= 0.6 is 22.9 Å². The molecule has 1 unspecified atom stereocenters. The number of hydrogen-bond donors (Lipinski definition) is 1. The first-order valence-corrected chi connectivity index (χ1v) is 6.61. The van der Waals surface area contributed by atoms with Crippen LogP contribution in [-0.4, -0.2) is 9.97 Å². The van der Waals surface area contributed by atoms with Gasteiger partial charge in [-0.1, -0.05) is 37.6 Å². The molecule has 0 amide bonds. The lowest BCUT2D eigenvalue weighted by molar-refractivity contribution is 0.806. The van der Waals surface area contributed by atoms with Crippen molar-refractivity contribution in [2.45, 2.75) is 19.9 Å². The van der Waals surface area contributed by atoms with Crippen molar-refractivity contribution in [3.8, 4) is 0 Å². The predicted octanol–water partition coefficient (Wildman–Crippen LogP) is 3.56. The van der Waals surface area contributed by atoms with Crippen LogP contribution in [-0.2, 0) is 0 Å². The standard InChI is InChI=1S/C12H14ClN3S/c1-7(2)3-4-9(14)12-16-11-10(17-12)5-8(13)6-15-11/h3-7,9H,14H2,1-2H3/b4-3-. The van der Waals surface area contributed by atoms with Gasteiger partial charge in [0.05, 0.1) is 15.8 Å². The molecule has 2 aromatic rings. The van der Waals surface area contributed by atoms with Crippen LogP contribution < -0.4 is 5.73 Å². The minimum Gasteiger partial charge on any atom is -0.319 e. The number of hydrogen-bond acceptors (Lipinski definition) is 4. The van der Waals surface area contributed by atoms with Gasteiger partial charge in [-0.2, -0.15) is 0 Å². The van der Waals surface area contributed by atoms with Gasteiger partial charge in [-0.15, -0.1) is 11.3 Å². The molecule has 0 aromatic carbocycles. The number of thiazole rings is 1. The smallest absolute Gasteiger partial charge is 0.170 e. The summed E-state index contributed by atoms with van der Waals surface area (Å²) < 4.78 is 0.973. The van der Waals surface area contributed by atoms with Crippen LogP contribution in [0, 0.1) is 5.92 Å². The Morgan fingerprint density at radius 3 is 2.88 bits per heavy atom. The quantitative estimate of drug-likeness (QED) is 0.865. The van der Waals surface area contributed by atoms with Crippen molar-refractivity contribution in [1.82, 2.24) is 9.97 Å². The molecule has 0 saturated carbocycles. The van der Waals surface area contributed by atoms with Gasteiger partial charge >= 0.3 is 0 Å². The third-order valence-corrected chi connectivity index (χ3v) is 3.52. The highest BCUT2D eigenvalue weighted by Gasteiger charge is 2.10. The molecule has 0 saturated heterocycles. The Labute approximate surface area is 109 Å². The molecule has 2 N–H and O–H groups in total. The zero-order chi connectivity index (χ0) is 12.4. The first kappa shape index (κ1) is 12.5. The Morgan fingerprint density at radius 2 is 2.18 bits per heavy atom. The third-order valence-electron chi connectivity index (χ3n) is 2.22. The van der Waals surface area contributed by atoms with Crippen molar-refractivity contribution in [2.75, 3.05) is 0 Å². The van der Waals surface area contributed by atoms with Gasteiger partial charge in [0, 0.05) is 6.20 Å². The summed E-state index contributed by atoms with van der Waals surface area (Å²) in [5, 5.41) is 1.49. The van der Waals surface area contributed by atoms with E-state index >= 15 is 0 Å². The largest absolute Gasteiger partial charge is 0.319 e. The second-order valence-corrected chi connectivity index (χ2v) is 5.68. The summed E-state index contributed by atoms with van der Waals surface area (Å²) in [7, 11) is 0. The summed E-state index contributed by atoms with van der Waals surface area (Å²) in [4.78, 5) is 8.57. The van der Waals surface area contributed by atoms with Gasteiger partial charge in [-0.25, -0.2) is 9.97 Å². The lowest BCUT2D eigenvalue weighted by Gasteiger charge is -2.01. The van der Waals surface area contributed by atoms with E-state index in [4.69, 9.17) is 17.3 Å². The summed E-state index contributed by atoms with van der Waals surface area (Å²) in [5.74, 6) is 0.489. The molecule has 0 fully saturated rings. The molecular weight excluding hydrogens is 254 g/mol. The topological polar surface area (TPSA) is 51.8 Å². The number of aromatic nitrogens is 2. The highest BCUT2D eigenvalue weighted by molar-refractivity contribution is 7.18. The molecule has 3 nitrogen and oxygen atoms in total. The number of nitrogens with two attached hydrogens (primary N) is 1. The fraction of sp³-hybridized carbons (Fsp3) is 0.333. The van der Waals surface area contributed by atoms with E-state index in [0.29, 0.717) is 16.6 Å². The van der Waals surface area contributed by atoms with Crippen LogP contribution in [0.2, 0.25) is 5.02 Å². The summed E-state index contributed by atoms with van der Waals surface area (Å²) in [6.07, 6.45) is 5.66. The predicted molar refractivity (Wildman–Crippen MR) is 73.3 cm³/mol. The van der Waals surface area contributed by atoms with Crippen LogP contribution in [0.5, 0.6) is 0 Å². The Hall–Kier alpha value is -0.970. The van der Waals surface area contributed by atoms with Gasteiger partial charge in [0.2, 0.25) is 0 Å². The normalized spacial score (nSPS) is 13.9. The Balaban J connectivity index is 2.30. The minimum absolute atomic E-state index is 0.171. The Bertz CT molecular complexity index is 548. The molecule has 0 aliphatic heterocycles. The van der Waals surface area contributed by atoms with E-state index in [1.54, 1.807) is 6.20 Å².